The number of aryl methyl sites for hydroxylation is 1. The Hall–Kier alpha value is -2.30. The first kappa shape index (κ1) is 13.1. The van der Waals surface area contributed by atoms with Gasteiger partial charge in [0, 0.05) is 5.56 Å². The molecule has 0 aliphatic carbocycles. The number of hydrogen-bond acceptors (Lipinski definition) is 3. The third-order valence-corrected chi connectivity index (χ3v) is 2.86. The first-order valence-electron chi connectivity index (χ1n) is 5.68. The summed E-state index contributed by atoms with van der Waals surface area (Å²) in [6, 6.07) is 5.96. The van der Waals surface area contributed by atoms with Gasteiger partial charge in [0.15, 0.2) is 0 Å². The molecule has 0 bridgehead atoms. The van der Waals surface area contributed by atoms with E-state index >= 15 is 0 Å². The molecule has 1 heterocycles. The average molecular weight is 263 g/mol. The molecule has 0 aliphatic rings. The topological polar surface area (TPSA) is 51.3 Å². The summed E-state index contributed by atoms with van der Waals surface area (Å²) in [7, 11) is 2.82. The van der Waals surface area contributed by atoms with Crippen LogP contribution in [0.1, 0.15) is 16.1 Å². The van der Waals surface area contributed by atoms with Gasteiger partial charge in [-0.15, -0.1) is 0 Å². The second kappa shape index (κ2) is 5.14. The fourth-order valence-electron chi connectivity index (χ4n) is 1.91. The summed E-state index contributed by atoms with van der Waals surface area (Å²) in [4.78, 5) is 14.5. The average Bonchev–Trinajstić information content (AvgIpc) is 2.79. The molecule has 0 unspecified atom stereocenters. The molecule has 0 saturated heterocycles. The molecule has 0 saturated carbocycles. The van der Waals surface area contributed by atoms with Crippen molar-refractivity contribution in [3.8, 4) is 17.0 Å². The van der Waals surface area contributed by atoms with Crippen molar-refractivity contribution in [3.05, 3.63) is 41.3 Å². The summed E-state index contributed by atoms with van der Waals surface area (Å²) in [6.45, 7) is 1.78. The Kier molecular flexibility index (Phi) is 3.55. The predicted octanol–water partition coefficient (Wildman–Crippen LogP) is 2.92. The summed E-state index contributed by atoms with van der Waals surface area (Å²) in [5, 5.41) is 0. The van der Waals surface area contributed by atoms with Crippen molar-refractivity contribution in [1.29, 1.82) is 0 Å². The molecule has 0 amide bonds. The molecule has 0 spiro atoms. The van der Waals surface area contributed by atoms with Crippen LogP contribution in [0, 0.1) is 12.7 Å². The van der Waals surface area contributed by atoms with Gasteiger partial charge in [-0.2, -0.15) is 0 Å². The van der Waals surface area contributed by atoms with Crippen LogP contribution < -0.4 is 4.74 Å². The molecule has 0 atom stereocenters. The van der Waals surface area contributed by atoms with Gasteiger partial charge in [-0.1, -0.05) is 0 Å². The normalized spacial score (nSPS) is 10.3. The third-order valence-electron chi connectivity index (χ3n) is 2.86. The number of methoxy groups -OCH3 is 2. The van der Waals surface area contributed by atoms with Crippen LogP contribution in [-0.2, 0) is 4.74 Å². The molecule has 5 heteroatoms. The summed E-state index contributed by atoms with van der Waals surface area (Å²) >= 11 is 0. The van der Waals surface area contributed by atoms with Crippen molar-refractivity contribution in [1.82, 2.24) is 4.98 Å². The van der Waals surface area contributed by atoms with E-state index in [0.29, 0.717) is 22.7 Å². The van der Waals surface area contributed by atoms with Gasteiger partial charge in [-0.05, 0) is 36.8 Å². The zero-order valence-electron chi connectivity index (χ0n) is 10.9. The number of H-pyrrole nitrogens is 1. The highest BCUT2D eigenvalue weighted by Crippen LogP contribution is 2.31. The van der Waals surface area contributed by atoms with E-state index in [2.05, 4.69) is 9.72 Å². The monoisotopic (exact) mass is 263 g/mol. The lowest BCUT2D eigenvalue weighted by Gasteiger charge is -2.06. The minimum atomic E-state index is -0.459. The maximum Gasteiger partial charge on any atom is 0.354 e. The third kappa shape index (κ3) is 2.45. The van der Waals surface area contributed by atoms with Crippen molar-refractivity contribution < 1.29 is 18.7 Å². The number of carbonyl (C=O) groups excluding carboxylic acids is 1. The number of halogens is 1. The van der Waals surface area contributed by atoms with E-state index in [4.69, 9.17) is 4.74 Å². The van der Waals surface area contributed by atoms with Gasteiger partial charge in [-0.25, -0.2) is 9.18 Å². The minimum absolute atomic E-state index is 0.351. The van der Waals surface area contributed by atoms with Crippen molar-refractivity contribution in [2.24, 2.45) is 0 Å². The molecule has 0 aliphatic heterocycles. The first-order valence-corrected chi connectivity index (χ1v) is 5.68. The zero-order chi connectivity index (χ0) is 14.0. The van der Waals surface area contributed by atoms with Crippen molar-refractivity contribution in [2.75, 3.05) is 14.2 Å². The van der Waals surface area contributed by atoms with Crippen LogP contribution in [0.3, 0.4) is 0 Å². The number of hydrogen-bond donors (Lipinski definition) is 1. The van der Waals surface area contributed by atoms with Crippen LogP contribution in [0.5, 0.6) is 5.75 Å². The number of ether oxygens (including phenoxy) is 2. The molecule has 2 aromatic rings. The van der Waals surface area contributed by atoms with E-state index < -0.39 is 5.97 Å². The van der Waals surface area contributed by atoms with Gasteiger partial charge in [0.1, 0.15) is 17.3 Å². The predicted molar refractivity (Wildman–Crippen MR) is 68.8 cm³/mol. The van der Waals surface area contributed by atoms with E-state index in [1.54, 1.807) is 19.1 Å². The molecule has 1 N–H and O–H groups in total. The minimum Gasteiger partial charge on any atom is -0.496 e. The first-order chi connectivity index (χ1) is 9.06. The molecule has 100 valence electrons. The highest BCUT2D eigenvalue weighted by Gasteiger charge is 2.16. The number of aromatic amines is 1. The second-order valence-electron chi connectivity index (χ2n) is 4.08. The number of rotatable bonds is 3. The maximum absolute atomic E-state index is 13.3. The van der Waals surface area contributed by atoms with Gasteiger partial charge in [-0.3, -0.25) is 0 Å². The summed E-state index contributed by atoms with van der Waals surface area (Å²) in [5.41, 5.74) is 2.24. The van der Waals surface area contributed by atoms with Crippen LogP contribution in [0.4, 0.5) is 4.39 Å². The Balaban J connectivity index is 2.53. The van der Waals surface area contributed by atoms with E-state index in [1.807, 2.05) is 0 Å². The Morgan fingerprint density at radius 2 is 2.00 bits per heavy atom. The van der Waals surface area contributed by atoms with Crippen LogP contribution in [0.15, 0.2) is 24.3 Å². The van der Waals surface area contributed by atoms with E-state index in [1.165, 1.54) is 26.4 Å². The maximum atomic E-state index is 13.3. The zero-order valence-corrected chi connectivity index (χ0v) is 10.9. The highest BCUT2D eigenvalue weighted by molar-refractivity contribution is 5.90. The number of benzene rings is 1. The van der Waals surface area contributed by atoms with E-state index in [-0.39, 0.29) is 5.82 Å². The van der Waals surface area contributed by atoms with Crippen LogP contribution in [0.25, 0.3) is 11.3 Å². The number of aromatic nitrogens is 1. The standard InChI is InChI=1S/C14H14FNO3/c1-8-6-11(16-13(8)14(17)19-3)10-7-9(15)4-5-12(10)18-2/h4-7,16H,1-3H3. The number of carbonyl (C=O) groups is 1. The molecule has 1 aromatic heterocycles. The lowest BCUT2D eigenvalue weighted by Crippen LogP contribution is -2.03. The van der Waals surface area contributed by atoms with Gasteiger partial charge in [0.05, 0.1) is 19.9 Å². The molecule has 0 radical (unpaired) electrons. The molecule has 0 fully saturated rings. The van der Waals surface area contributed by atoms with Crippen LogP contribution >= 0.6 is 0 Å². The highest BCUT2D eigenvalue weighted by atomic mass is 19.1. The molecule has 2 rings (SSSR count). The van der Waals surface area contributed by atoms with Gasteiger partial charge < -0.3 is 14.5 Å². The van der Waals surface area contributed by atoms with Gasteiger partial charge >= 0.3 is 5.97 Å². The van der Waals surface area contributed by atoms with Crippen molar-refractivity contribution >= 4 is 5.97 Å². The fraction of sp³-hybridized carbons (Fsp3) is 0.214. The van der Waals surface area contributed by atoms with Crippen LogP contribution in [0.2, 0.25) is 0 Å². The largest absolute Gasteiger partial charge is 0.496 e. The van der Waals surface area contributed by atoms with Crippen molar-refractivity contribution in [3.63, 3.8) is 0 Å². The molecule has 19 heavy (non-hydrogen) atoms. The summed E-state index contributed by atoms with van der Waals surface area (Å²) < 4.78 is 23.2. The van der Waals surface area contributed by atoms with E-state index in [0.717, 1.165) is 5.56 Å². The van der Waals surface area contributed by atoms with Gasteiger partial charge in [0.25, 0.3) is 0 Å². The molecular weight excluding hydrogens is 249 g/mol. The number of esters is 1. The lowest BCUT2D eigenvalue weighted by molar-refractivity contribution is 0.0594. The van der Waals surface area contributed by atoms with E-state index in [9.17, 15) is 9.18 Å². The van der Waals surface area contributed by atoms with Gasteiger partial charge in [0.2, 0.25) is 0 Å². The van der Waals surface area contributed by atoms with Crippen LogP contribution in [-0.4, -0.2) is 25.2 Å². The molecular formula is C14H14FNO3. The Bertz CT molecular complexity index is 619. The summed E-state index contributed by atoms with van der Waals surface area (Å²) in [5.74, 6) is -0.305. The second-order valence-corrected chi connectivity index (χ2v) is 4.08. The molecule has 4 nitrogen and oxygen atoms in total. The van der Waals surface area contributed by atoms with Crippen molar-refractivity contribution in [2.45, 2.75) is 6.92 Å². The Morgan fingerprint density at radius 1 is 1.26 bits per heavy atom. The lowest BCUT2D eigenvalue weighted by atomic mass is 10.1. The quantitative estimate of drug-likeness (QED) is 0.866. The fourth-order valence-corrected chi connectivity index (χ4v) is 1.91. The Morgan fingerprint density at radius 3 is 2.63 bits per heavy atom. The SMILES string of the molecule is COC(=O)c1[nH]c(-c2cc(F)ccc2OC)cc1C. The number of nitrogens with one attached hydrogen (secondary N) is 1. The smallest absolute Gasteiger partial charge is 0.354 e. The summed E-state index contributed by atoms with van der Waals surface area (Å²) in [6.07, 6.45) is 0. The Labute approximate surface area is 110 Å². The molecule has 1 aromatic carbocycles.